The predicted octanol–water partition coefficient (Wildman–Crippen LogP) is 1.49. The first kappa shape index (κ1) is 12.9. The minimum absolute atomic E-state index is 0.405. The fourth-order valence-electron chi connectivity index (χ4n) is 1.93. The molecule has 90 valence electrons. The summed E-state index contributed by atoms with van der Waals surface area (Å²) < 4.78 is 5.73. The third-order valence-corrected chi connectivity index (χ3v) is 2.85. The molecule has 1 rings (SSSR count). The molecule has 1 aliphatic rings. The molecule has 0 aromatic heterocycles. The Morgan fingerprint density at radius 3 is 2.93 bits per heavy atom. The number of nitrogens with one attached hydrogen (secondary N) is 1. The summed E-state index contributed by atoms with van der Waals surface area (Å²) in [5.74, 6) is 0. The second-order valence-electron chi connectivity index (χ2n) is 4.35. The highest BCUT2D eigenvalue weighted by molar-refractivity contribution is 4.73. The van der Waals surface area contributed by atoms with Crippen LogP contribution in [0.2, 0.25) is 0 Å². The van der Waals surface area contributed by atoms with Crippen LogP contribution >= 0.6 is 0 Å². The van der Waals surface area contributed by atoms with Crippen molar-refractivity contribution >= 4 is 0 Å². The molecule has 1 saturated heterocycles. The highest BCUT2D eigenvalue weighted by Gasteiger charge is 2.18. The van der Waals surface area contributed by atoms with Crippen LogP contribution < -0.4 is 5.32 Å². The molecule has 1 N–H and O–H groups in total. The first-order chi connectivity index (χ1) is 7.36. The molecule has 3 nitrogen and oxygen atoms in total. The van der Waals surface area contributed by atoms with E-state index < -0.39 is 0 Å². The number of hydrogen-bond donors (Lipinski definition) is 1. The highest BCUT2D eigenvalue weighted by atomic mass is 16.5. The SMILES string of the molecule is CCCCN1CCO[C@H](CNCCC)C1. The summed E-state index contributed by atoms with van der Waals surface area (Å²) >= 11 is 0. The predicted molar refractivity (Wildman–Crippen MR) is 64.2 cm³/mol. The lowest BCUT2D eigenvalue weighted by Crippen LogP contribution is -2.46. The third kappa shape index (κ3) is 5.50. The molecule has 1 aliphatic heterocycles. The monoisotopic (exact) mass is 214 g/mol. The third-order valence-electron chi connectivity index (χ3n) is 2.85. The van der Waals surface area contributed by atoms with Gasteiger partial charge in [-0.2, -0.15) is 0 Å². The maximum absolute atomic E-state index is 5.73. The summed E-state index contributed by atoms with van der Waals surface area (Å²) in [5, 5.41) is 3.43. The fourth-order valence-corrected chi connectivity index (χ4v) is 1.93. The van der Waals surface area contributed by atoms with Crippen molar-refractivity contribution in [3.05, 3.63) is 0 Å². The van der Waals surface area contributed by atoms with Gasteiger partial charge in [0.2, 0.25) is 0 Å². The fraction of sp³-hybridized carbons (Fsp3) is 1.00. The van der Waals surface area contributed by atoms with E-state index in [4.69, 9.17) is 4.74 Å². The van der Waals surface area contributed by atoms with Crippen LogP contribution in [0.4, 0.5) is 0 Å². The first-order valence-electron chi connectivity index (χ1n) is 6.41. The molecule has 0 bridgehead atoms. The van der Waals surface area contributed by atoms with E-state index in [0.29, 0.717) is 6.10 Å². The Labute approximate surface area is 94.2 Å². The van der Waals surface area contributed by atoms with Gasteiger partial charge in [0.25, 0.3) is 0 Å². The van der Waals surface area contributed by atoms with E-state index in [9.17, 15) is 0 Å². The van der Waals surface area contributed by atoms with Gasteiger partial charge in [0.1, 0.15) is 0 Å². The van der Waals surface area contributed by atoms with Gasteiger partial charge in [0.15, 0.2) is 0 Å². The van der Waals surface area contributed by atoms with Crippen LogP contribution in [0.5, 0.6) is 0 Å². The van der Waals surface area contributed by atoms with Crippen LogP contribution in [0.15, 0.2) is 0 Å². The van der Waals surface area contributed by atoms with Crippen LogP contribution in [0.1, 0.15) is 33.1 Å². The molecule has 0 amide bonds. The molecule has 0 spiro atoms. The van der Waals surface area contributed by atoms with Crippen molar-refractivity contribution in [2.24, 2.45) is 0 Å². The van der Waals surface area contributed by atoms with Crippen LogP contribution in [0.3, 0.4) is 0 Å². The molecule has 1 atom stereocenters. The summed E-state index contributed by atoms with van der Waals surface area (Å²) in [6, 6.07) is 0. The Morgan fingerprint density at radius 2 is 2.20 bits per heavy atom. The van der Waals surface area contributed by atoms with Crippen LogP contribution in [-0.2, 0) is 4.74 Å². The molecule has 15 heavy (non-hydrogen) atoms. The zero-order chi connectivity index (χ0) is 10.9. The standard InChI is InChI=1S/C12H26N2O/c1-3-5-7-14-8-9-15-12(11-14)10-13-6-4-2/h12-13H,3-11H2,1-2H3/t12-/m1/s1. The van der Waals surface area contributed by atoms with Gasteiger partial charge >= 0.3 is 0 Å². The first-order valence-corrected chi connectivity index (χ1v) is 6.41. The summed E-state index contributed by atoms with van der Waals surface area (Å²) in [4.78, 5) is 2.53. The lowest BCUT2D eigenvalue weighted by Gasteiger charge is -2.33. The van der Waals surface area contributed by atoms with E-state index in [-0.39, 0.29) is 0 Å². The second kappa shape index (κ2) is 8.08. The van der Waals surface area contributed by atoms with Gasteiger partial charge in [-0.1, -0.05) is 20.3 Å². The van der Waals surface area contributed by atoms with Crippen molar-refractivity contribution in [3.8, 4) is 0 Å². The maximum atomic E-state index is 5.73. The van der Waals surface area contributed by atoms with Crippen molar-refractivity contribution < 1.29 is 4.74 Å². The number of hydrogen-bond acceptors (Lipinski definition) is 3. The molecule has 0 aliphatic carbocycles. The molecule has 0 radical (unpaired) electrons. The molecule has 1 heterocycles. The summed E-state index contributed by atoms with van der Waals surface area (Å²) in [6.45, 7) is 10.9. The average Bonchev–Trinajstić information content (AvgIpc) is 2.27. The molecule has 0 aromatic carbocycles. The van der Waals surface area contributed by atoms with Gasteiger partial charge in [-0.3, -0.25) is 4.90 Å². The molecule has 0 unspecified atom stereocenters. The van der Waals surface area contributed by atoms with Crippen LogP contribution in [0.25, 0.3) is 0 Å². The zero-order valence-corrected chi connectivity index (χ0v) is 10.3. The number of nitrogens with zero attached hydrogens (tertiary/aromatic N) is 1. The number of ether oxygens (including phenoxy) is 1. The average molecular weight is 214 g/mol. The van der Waals surface area contributed by atoms with E-state index in [2.05, 4.69) is 24.1 Å². The number of morpholine rings is 1. The van der Waals surface area contributed by atoms with Crippen molar-refractivity contribution in [2.75, 3.05) is 39.3 Å². The lowest BCUT2D eigenvalue weighted by atomic mass is 10.2. The van der Waals surface area contributed by atoms with Gasteiger partial charge < -0.3 is 10.1 Å². The van der Waals surface area contributed by atoms with Crippen molar-refractivity contribution in [3.63, 3.8) is 0 Å². The largest absolute Gasteiger partial charge is 0.374 e. The highest BCUT2D eigenvalue weighted by Crippen LogP contribution is 2.05. The quantitative estimate of drug-likeness (QED) is 0.650. The van der Waals surface area contributed by atoms with E-state index in [1.165, 1.54) is 25.8 Å². The smallest absolute Gasteiger partial charge is 0.0826 e. The lowest BCUT2D eigenvalue weighted by molar-refractivity contribution is -0.0272. The Morgan fingerprint density at radius 1 is 1.33 bits per heavy atom. The summed E-state index contributed by atoms with van der Waals surface area (Å²) in [6.07, 6.45) is 4.21. The minimum Gasteiger partial charge on any atom is -0.374 e. The zero-order valence-electron chi connectivity index (χ0n) is 10.3. The Balaban J connectivity index is 2.11. The molecule has 0 saturated carbocycles. The van der Waals surface area contributed by atoms with E-state index in [1.54, 1.807) is 0 Å². The van der Waals surface area contributed by atoms with Gasteiger partial charge in [-0.15, -0.1) is 0 Å². The maximum Gasteiger partial charge on any atom is 0.0826 e. The Kier molecular flexibility index (Phi) is 6.98. The normalized spacial score (nSPS) is 23.2. The molecular formula is C12H26N2O. The van der Waals surface area contributed by atoms with Crippen LogP contribution in [-0.4, -0.2) is 50.3 Å². The van der Waals surface area contributed by atoms with Crippen molar-refractivity contribution in [1.29, 1.82) is 0 Å². The van der Waals surface area contributed by atoms with E-state index in [1.807, 2.05) is 0 Å². The minimum atomic E-state index is 0.405. The molecule has 1 fully saturated rings. The van der Waals surface area contributed by atoms with Crippen molar-refractivity contribution in [1.82, 2.24) is 10.2 Å². The van der Waals surface area contributed by atoms with Gasteiger partial charge in [-0.25, -0.2) is 0 Å². The molecule has 3 heteroatoms. The number of unbranched alkanes of at least 4 members (excludes halogenated alkanes) is 1. The second-order valence-corrected chi connectivity index (χ2v) is 4.35. The topological polar surface area (TPSA) is 24.5 Å². The van der Waals surface area contributed by atoms with Gasteiger partial charge in [0, 0.05) is 19.6 Å². The van der Waals surface area contributed by atoms with Crippen molar-refractivity contribution in [2.45, 2.75) is 39.2 Å². The summed E-state index contributed by atoms with van der Waals surface area (Å²) in [5.41, 5.74) is 0. The van der Waals surface area contributed by atoms with E-state index >= 15 is 0 Å². The summed E-state index contributed by atoms with van der Waals surface area (Å²) in [7, 11) is 0. The molecular weight excluding hydrogens is 188 g/mol. The van der Waals surface area contributed by atoms with Crippen LogP contribution in [0, 0.1) is 0 Å². The number of rotatable bonds is 7. The van der Waals surface area contributed by atoms with Gasteiger partial charge in [0.05, 0.1) is 12.7 Å². The van der Waals surface area contributed by atoms with Gasteiger partial charge in [-0.05, 0) is 25.9 Å². The van der Waals surface area contributed by atoms with E-state index in [0.717, 1.165) is 32.8 Å². The Hall–Kier alpha value is -0.120. The Bertz CT molecular complexity index is 153. The molecule has 0 aromatic rings.